The molecule has 0 bridgehead atoms. The van der Waals surface area contributed by atoms with Crippen LogP contribution in [0.3, 0.4) is 0 Å². The molecule has 0 aliphatic heterocycles. The van der Waals surface area contributed by atoms with Crippen LogP contribution < -0.4 is 0 Å². The first-order valence-corrected chi connectivity index (χ1v) is 6.07. The molecule has 1 aromatic carbocycles. The van der Waals surface area contributed by atoms with E-state index in [1.165, 1.54) is 13.8 Å². The Morgan fingerprint density at radius 2 is 1.89 bits per heavy atom. The van der Waals surface area contributed by atoms with Gasteiger partial charge in [-0.25, -0.2) is 4.39 Å². The summed E-state index contributed by atoms with van der Waals surface area (Å²) in [7, 11) is 0. The molecule has 6 heteroatoms. The summed E-state index contributed by atoms with van der Waals surface area (Å²) in [6.07, 6.45) is -4.53. The first-order valence-electron chi connectivity index (χ1n) is 5.15. The van der Waals surface area contributed by atoms with Crippen LogP contribution in [0.4, 0.5) is 17.6 Å². The zero-order chi connectivity index (χ0) is 14.1. The summed E-state index contributed by atoms with van der Waals surface area (Å²) < 4.78 is 51.1. The third kappa shape index (κ3) is 3.31. The minimum absolute atomic E-state index is 0.123. The van der Waals surface area contributed by atoms with E-state index in [0.717, 1.165) is 12.1 Å². The summed E-state index contributed by atoms with van der Waals surface area (Å²) in [5.74, 6) is -1.69. The molecule has 0 amide bonds. The Bertz CT molecular complexity index is 456. The fourth-order valence-electron chi connectivity index (χ4n) is 1.58. The molecule has 18 heavy (non-hydrogen) atoms. The lowest BCUT2D eigenvalue weighted by atomic mass is 9.94. The van der Waals surface area contributed by atoms with Crippen molar-refractivity contribution in [2.24, 2.45) is 0 Å². The number of Topliss-reactive ketones (excluding diaryl/α,β-unsaturated/α-hetero) is 1. The lowest BCUT2D eigenvalue weighted by Crippen LogP contribution is -2.19. The van der Waals surface area contributed by atoms with Crippen molar-refractivity contribution in [2.45, 2.75) is 30.8 Å². The van der Waals surface area contributed by atoms with Crippen molar-refractivity contribution < 1.29 is 22.4 Å². The molecule has 0 aliphatic rings. The molecule has 1 aromatic rings. The molecule has 2 atom stereocenters. The fraction of sp³-hybridized carbons (Fsp3) is 0.417. The van der Waals surface area contributed by atoms with Crippen LogP contribution in [-0.2, 0) is 11.0 Å². The molecular weight excluding hydrogens is 316 g/mol. The molecule has 2 unspecified atom stereocenters. The monoisotopic (exact) mass is 326 g/mol. The number of rotatable bonds is 3. The number of carbonyl (C=O) groups excluding carboxylic acids is 1. The van der Waals surface area contributed by atoms with E-state index in [2.05, 4.69) is 15.9 Å². The number of halogens is 5. The van der Waals surface area contributed by atoms with Crippen LogP contribution in [0.2, 0.25) is 0 Å². The average Bonchev–Trinajstić information content (AvgIpc) is 2.26. The first-order chi connectivity index (χ1) is 8.14. The minimum Gasteiger partial charge on any atom is -0.299 e. The third-order valence-corrected chi connectivity index (χ3v) is 4.08. The molecule has 0 heterocycles. The van der Waals surface area contributed by atoms with Gasteiger partial charge in [-0.2, -0.15) is 13.2 Å². The molecule has 1 nitrogen and oxygen atoms in total. The number of ketones is 1. The number of carbonyl (C=O) groups is 1. The quantitative estimate of drug-likeness (QED) is 0.598. The molecule has 0 aromatic heterocycles. The van der Waals surface area contributed by atoms with Crippen LogP contribution in [0.1, 0.15) is 30.9 Å². The smallest absolute Gasteiger partial charge is 0.299 e. The van der Waals surface area contributed by atoms with Gasteiger partial charge in [0.05, 0.1) is 10.4 Å². The molecule has 0 aliphatic carbocycles. The van der Waals surface area contributed by atoms with Gasteiger partial charge in [0.1, 0.15) is 11.6 Å². The van der Waals surface area contributed by atoms with Gasteiger partial charge in [-0.15, -0.1) is 0 Å². The number of benzene rings is 1. The Labute approximate surface area is 110 Å². The Morgan fingerprint density at radius 3 is 2.33 bits per heavy atom. The van der Waals surface area contributed by atoms with Crippen LogP contribution in [0.25, 0.3) is 0 Å². The van der Waals surface area contributed by atoms with Crippen molar-refractivity contribution in [1.29, 1.82) is 0 Å². The summed E-state index contributed by atoms with van der Waals surface area (Å²) in [5, 5.41) is 0. The van der Waals surface area contributed by atoms with Crippen molar-refractivity contribution in [1.82, 2.24) is 0 Å². The highest BCUT2D eigenvalue weighted by Crippen LogP contribution is 2.34. The van der Waals surface area contributed by atoms with Gasteiger partial charge < -0.3 is 0 Å². The van der Waals surface area contributed by atoms with Crippen LogP contribution in [0, 0.1) is 5.82 Å². The maximum atomic E-state index is 13.5. The van der Waals surface area contributed by atoms with Gasteiger partial charge in [0.2, 0.25) is 0 Å². The molecule has 0 saturated heterocycles. The van der Waals surface area contributed by atoms with E-state index in [-0.39, 0.29) is 11.3 Å². The molecule has 0 spiro atoms. The van der Waals surface area contributed by atoms with Gasteiger partial charge >= 0.3 is 6.18 Å². The minimum atomic E-state index is -4.53. The second-order valence-corrected chi connectivity index (χ2v) is 5.02. The first kappa shape index (κ1) is 15.1. The standard InChI is InChI=1S/C12H11BrF4O/c1-6(11(13)7(2)18)9-5-8(12(15,16)17)3-4-10(9)14/h3-6,11H,1-2H3. The van der Waals surface area contributed by atoms with Crippen molar-refractivity contribution in [3.05, 3.63) is 35.1 Å². The van der Waals surface area contributed by atoms with Crippen molar-refractivity contribution in [3.8, 4) is 0 Å². The summed E-state index contributed by atoms with van der Waals surface area (Å²) in [6, 6.07) is 2.20. The highest BCUT2D eigenvalue weighted by molar-refractivity contribution is 9.10. The summed E-state index contributed by atoms with van der Waals surface area (Å²) in [5.41, 5.74) is -1.05. The van der Waals surface area contributed by atoms with Crippen LogP contribution in [0.5, 0.6) is 0 Å². The molecule has 0 N–H and O–H groups in total. The summed E-state index contributed by atoms with van der Waals surface area (Å²) in [4.78, 5) is 10.4. The number of alkyl halides is 4. The third-order valence-electron chi connectivity index (χ3n) is 2.64. The number of hydrogen-bond acceptors (Lipinski definition) is 1. The predicted octanol–water partition coefficient (Wildman–Crippen LogP) is 4.30. The number of hydrogen-bond donors (Lipinski definition) is 0. The molecule has 100 valence electrons. The zero-order valence-corrected chi connectivity index (χ0v) is 11.3. The Balaban J connectivity index is 3.20. The van der Waals surface area contributed by atoms with E-state index >= 15 is 0 Å². The maximum Gasteiger partial charge on any atom is 0.416 e. The maximum absolute atomic E-state index is 13.5. The van der Waals surface area contributed by atoms with Gasteiger partial charge in [-0.3, -0.25) is 4.79 Å². The second kappa shape index (κ2) is 5.38. The molecule has 0 fully saturated rings. The normalized spacial score (nSPS) is 15.3. The predicted molar refractivity (Wildman–Crippen MR) is 63.2 cm³/mol. The van der Waals surface area contributed by atoms with E-state index in [1.807, 2.05) is 0 Å². The molecule has 0 radical (unpaired) electrons. The lowest BCUT2D eigenvalue weighted by Gasteiger charge is -2.18. The SMILES string of the molecule is CC(=O)C(Br)C(C)c1cc(C(F)(F)F)ccc1F. The van der Waals surface area contributed by atoms with Crippen LogP contribution in [-0.4, -0.2) is 10.6 Å². The Morgan fingerprint density at radius 1 is 1.33 bits per heavy atom. The molecule has 1 rings (SSSR count). The highest BCUT2D eigenvalue weighted by atomic mass is 79.9. The van der Waals surface area contributed by atoms with E-state index < -0.39 is 28.3 Å². The van der Waals surface area contributed by atoms with Gasteiger partial charge in [-0.05, 0) is 30.7 Å². The van der Waals surface area contributed by atoms with E-state index in [4.69, 9.17) is 0 Å². The lowest BCUT2D eigenvalue weighted by molar-refractivity contribution is -0.137. The largest absolute Gasteiger partial charge is 0.416 e. The van der Waals surface area contributed by atoms with E-state index in [0.29, 0.717) is 6.07 Å². The Hall–Kier alpha value is -0.910. The van der Waals surface area contributed by atoms with Gasteiger partial charge in [0.25, 0.3) is 0 Å². The molecule has 0 saturated carbocycles. The van der Waals surface area contributed by atoms with Gasteiger partial charge in [-0.1, -0.05) is 22.9 Å². The Kier molecular flexibility index (Phi) is 4.53. The molecular formula is C12H11BrF4O. The van der Waals surface area contributed by atoms with Gasteiger partial charge in [0, 0.05) is 5.92 Å². The average molecular weight is 327 g/mol. The zero-order valence-electron chi connectivity index (χ0n) is 9.68. The van der Waals surface area contributed by atoms with E-state index in [1.54, 1.807) is 0 Å². The summed E-state index contributed by atoms with van der Waals surface area (Å²) in [6.45, 7) is 2.79. The highest BCUT2D eigenvalue weighted by Gasteiger charge is 2.32. The van der Waals surface area contributed by atoms with Crippen LogP contribution in [0.15, 0.2) is 18.2 Å². The topological polar surface area (TPSA) is 17.1 Å². The van der Waals surface area contributed by atoms with E-state index in [9.17, 15) is 22.4 Å². The van der Waals surface area contributed by atoms with Crippen molar-refractivity contribution >= 4 is 21.7 Å². The second-order valence-electron chi connectivity index (χ2n) is 4.04. The summed E-state index contributed by atoms with van der Waals surface area (Å²) >= 11 is 3.06. The van der Waals surface area contributed by atoms with Crippen molar-refractivity contribution in [3.63, 3.8) is 0 Å². The van der Waals surface area contributed by atoms with Crippen molar-refractivity contribution in [2.75, 3.05) is 0 Å². The fourth-order valence-corrected chi connectivity index (χ4v) is 1.86. The van der Waals surface area contributed by atoms with Crippen LogP contribution >= 0.6 is 15.9 Å². The van der Waals surface area contributed by atoms with Gasteiger partial charge in [0.15, 0.2) is 0 Å².